The Labute approximate surface area is 149 Å². The molecule has 4 heteroatoms. The van der Waals surface area contributed by atoms with Gasteiger partial charge in [0, 0.05) is 31.1 Å². The Kier molecular flexibility index (Phi) is 3.75. The van der Waals surface area contributed by atoms with Crippen molar-refractivity contribution in [3.05, 3.63) is 11.6 Å². The fourth-order valence-corrected chi connectivity index (χ4v) is 6.73. The molecule has 0 unspecified atom stereocenters. The van der Waals surface area contributed by atoms with Crippen LogP contribution in [0.1, 0.15) is 65.7 Å². The normalized spacial score (nSPS) is 46.0. The van der Waals surface area contributed by atoms with Gasteiger partial charge in [-0.05, 0) is 55.4 Å². The molecule has 6 atom stereocenters. The van der Waals surface area contributed by atoms with Gasteiger partial charge in [0.15, 0.2) is 5.78 Å². The van der Waals surface area contributed by atoms with Crippen molar-refractivity contribution in [2.75, 3.05) is 0 Å². The molecule has 0 heterocycles. The number of fused-ring (bicyclic) bond motifs is 5. The van der Waals surface area contributed by atoms with E-state index in [-0.39, 0.29) is 34.6 Å². The average molecular weight is 344 g/mol. The van der Waals surface area contributed by atoms with Gasteiger partial charge in [0.25, 0.3) is 0 Å². The van der Waals surface area contributed by atoms with Gasteiger partial charge in [-0.2, -0.15) is 0 Å². The monoisotopic (exact) mass is 344 g/mol. The molecule has 25 heavy (non-hydrogen) atoms. The number of carbonyl (C=O) groups is 3. The SMILES string of the molecule is CC(=O)O[C@H]1CC[C@H]2[C@@H]3CCC4=CC(=O)CC[C@]4(C)[C@H]3C(=O)C[C@]12C. The van der Waals surface area contributed by atoms with E-state index in [2.05, 4.69) is 13.8 Å². The summed E-state index contributed by atoms with van der Waals surface area (Å²) >= 11 is 0. The van der Waals surface area contributed by atoms with Gasteiger partial charge in [0.1, 0.15) is 11.9 Å². The first-order valence-corrected chi connectivity index (χ1v) is 9.69. The Balaban J connectivity index is 1.69. The largest absolute Gasteiger partial charge is 0.462 e. The third-order valence-electron chi connectivity index (χ3n) is 7.87. The quantitative estimate of drug-likeness (QED) is 0.682. The average Bonchev–Trinajstić information content (AvgIpc) is 2.83. The molecule has 0 aromatic rings. The molecule has 3 fully saturated rings. The summed E-state index contributed by atoms with van der Waals surface area (Å²) in [6.07, 6.45) is 7.41. The lowest BCUT2D eigenvalue weighted by Crippen LogP contribution is -2.55. The van der Waals surface area contributed by atoms with Gasteiger partial charge in [0.05, 0.1) is 0 Å². The molecular formula is C21H28O4. The summed E-state index contributed by atoms with van der Waals surface area (Å²) in [5, 5.41) is 0. The summed E-state index contributed by atoms with van der Waals surface area (Å²) in [7, 11) is 0. The van der Waals surface area contributed by atoms with Crippen molar-refractivity contribution in [3.8, 4) is 0 Å². The van der Waals surface area contributed by atoms with E-state index in [9.17, 15) is 14.4 Å². The number of ether oxygens (including phenoxy) is 1. The molecule has 4 aliphatic carbocycles. The Hall–Kier alpha value is -1.45. The third-order valence-corrected chi connectivity index (χ3v) is 7.87. The standard InChI is InChI=1S/C21H28O4/c1-12(22)25-18-7-6-16-15-5-4-13-10-14(23)8-9-20(13,2)19(15)17(24)11-21(16,18)3/h10,15-16,18-19H,4-9,11H2,1-3H3/t15-,16-,18-,19+,20-,21-/m0/s1. The molecule has 0 amide bonds. The molecule has 0 spiro atoms. The van der Waals surface area contributed by atoms with Crippen LogP contribution in [0, 0.1) is 28.6 Å². The highest BCUT2D eigenvalue weighted by Gasteiger charge is 2.62. The minimum Gasteiger partial charge on any atom is -0.462 e. The van der Waals surface area contributed by atoms with E-state index in [4.69, 9.17) is 4.74 Å². The fourth-order valence-electron chi connectivity index (χ4n) is 6.73. The van der Waals surface area contributed by atoms with Crippen LogP contribution < -0.4 is 0 Å². The first-order valence-electron chi connectivity index (χ1n) is 9.69. The van der Waals surface area contributed by atoms with E-state index < -0.39 is 0 Å². The molecule has 0 radical (unpaired) electrons. The highest BCUT2D eigenvalue weighted by molar-refractivity contribution is 5.93. The zero-order valence-electron chi connectivity index (χ0n) is 15.5. The lowest BCUT2D eigenvalue weighted by atomic mass is 9.47. The number of Topliss-reactive ketones (excluding diaryl/α,β-unsaturated/α-hetero) is 1. The summed E-state index contributed by atoms with van der Waals surface area (Å²) in [6, 6.07) is 0. The summed E-state index contributed by atoms with van der Waals surface area (Å²) in [5.74, 6) is 1.14. The van der Waals surface area contributed by atoms with Crippen LogP contribution in [-0.2, 0) is 19.1 Å². The topological polar surface area (TPSA) is 60.4 Å². The summed E-state index contributed by atoms with van der Waals surface area (Å²) in [5.41, 5.74) is 0.845. The molecule has 0 N–H and O–H groups in total. The molecule has 0 bridgehead atoms. The van der Waals surface area contributed by atoms with Crippen molar-refractivity contribution < 1.29 is 19.1 Å². The van der Waals surface area contributed by atoms with Crippen molar-refractivity contribution >= 4 is 17.5 Å². The molecule has 4 nitrogen and oxygen atoms in total. The number of hydrogen-bond donors (Lipinski definition) is 0. The molecule has 0 aliphatic heterocycles. The third kappa shape index (κ3) is 2.36. The van der Waals surface area contributed by atoms with Gasteiger partial charge in [-0.1, -0.05) is 19.4 Å². The molecular weight excluding hydrogens is 316 g/mol. The Morgan fingerprint density at radius 3 is 2.64 bits per heavy atom. The number of ketones is 2. The molecule has 4 aliphatic rings. The van der Waals surface area contributed by atoms with Crippen LogP contribution in [0.3, 0.4) is 0 Å². The second-order valence-corrected chi connectivity index (χ2v) is 9.16. The van der Waals surface area contributed by atoms with Crippen LogP contribution in [0.4, 0.5) is 0 Å². The van der Waals surface area contributed by atoms with Crippen molar-refractivity contribution in [3.63, 3.8) is 0 Å². The maximum Gasteiger partial charge on any atom is 0.302 e. The molecule has 4 rings (SSSR count). The van der Waals surface area contributed by atoms with Crippen LogP contribution in [0.25, 0.3) is 0 Å². The molecule has 0 saturated heterocycles. The van der Waals surface area contributed by atoms with Crippen molar-refractivity contribution in [1.82, 2.24) is 0 Å². The van der Waals surface area contributed by atoms with Crippen LogP contribution in [-0.4, -0.2) is 23.6 Å². The van der Waals surface area contributed by atoms with E-state index in [0.717, 1.165) is 32.1 Å². The highest BCUT2D eigenvalue weighted by Crippen LogP contribution is 2.64. The number of carbonyl (C=O) groups excluding carboxylic acids is 3. The smallest absolute Gasteiger partial charge is 0.302 e. The second-order valence-electron chi connectivity index (χ2n) is 9.16. The Bertz CT molecular complexity index is 677. The predicted molar refractivity (Wildman–Crippen MR) is 92.7 cm³/mol. The minimum atomic E-state index is -0.243. The van der Waals surface area contributed by atoms with E-state index in [1.165, 1.54) is 12.5 Å². The van der Waals surface area contributed by atoms with Crippen molar-refractivity contribution in [2.45, 2.75) is 71.8 Å². The maximum atomic E-state index is 13.3. The summed E-state index contributed by atoms with van der Waals surface area (Å²) < 4.78 is 5.61. The predicted octanol–water partition coefficient (Wildman–Crippen LogP) is 3.63. The molecule has 0 aromatic carbocycles. The number of hydrogen-bond acceptors (Lipinski definition) is 4. The van der Waals surface area contributed by atoms with Crippen molar-refractivity contribution in [1.29, 1.82) is 0 Å². The van der Waals surface area contributed by atoms with Crippen LogP contribution in [0.2, 0.25) is 0 Å². The Morgan fingerprint density at radius 1 is 1.16 bits per heavy atom. The molecule has 0 aromatic heterocycles. The van der Waals surface area contributed by atoms with Gasteiger partial charge in [-0.25, -0.2) is 0 Å². The Morgan fingerprint density at radius 2 is 1.92 bits per heavy atom. The number of esters is 1. The van der Waals surface area contributed by atoms with E-state index in [1.54, 1.807) is 0 Å². The lowest BCUT2D eigenvalue weighted by Gasteiger charge is -2.56. The maximum absolute atomic E-state index is 13.3. The highest BCUT2D eigenvalue weighted by atomic mass is 16.5. The van der Waals surface area contributed by atoms with Gasteiger partial charge in [-0.15, -0.1) is 0 Å². The van der Waals surface area contributed by atoms with E-state index in [1.807, 2.05) is 6.08 Å². The molecule has 136 valence electrons. The van der Waals surface area contributed by atoms with E-state index in [0.29, 0.717) is 30.5 Å². The van der Waals surface area contributed by atoms with Crippen LogP contribution >= 0.6 is 0 Å². The van der Waals surface area contributed by atoms with Gasteiger partial charge in [-0.3, -0.25) is 14.4 Å². The first kappa shape index (κ1) is 17.0. The van der Waals surface area contributed by atoms with Gasteiger partial charge in [0.2, 0.25) is 0 Å². The zero-order valence-corrected chi connectivity index (χ0v) is 15.5. The second kappa shape index (κ2) is 5.52. The first-order chi connectivity index (χ1) is 11.8. The van der Waals surface area contributed by atoms with E-state index >= 15 is 0 Å². The number of allylic oxidation sites excluding steroid dienone is 1. The summed E-state index contributed by atoms with van der Waals surface area (Å²) in [4.78, 5) is 36.7. The number of rotatable bonds is 1. The van der Waals surface area contributed by atoms with Crippen LogP contribution in [0.5, 0.6) is 0 Å². The summed E-state index contributed by atoms with van der Waals surface area (Å²) in [6.45, 7) is 5.83. The zero-order chi connectivity index (χ0) is 18.0. The lowest BCUT2D eigenvalue weighted by molar-refractivity contribution is -0.163. The van der Waals surface area contributed by atoms with Gasteiger partial charge < -0.3 is 4.74 Å². The fraction of sp³-hybridized carbons (Fsp3) is 0.762. The van der Waals surface area contributed by atoms with Crippen molar-refractivity contribution in [2.24, 2.45) is 28.6 Å². The van der Waals surface area contributed by atoms with Crippen LogP contribution in [0.15, 0.2) is 11.6 Å². The molecule has 3 saturated carbocycles. The van der Waals surface area contributed by atoms with Gasteiger partial charge >= 0.3 is 5.97 Å². The minimum absolute atomic E-state index is 0.0368.